The fraction of sp³-hybridized carbons (Fsp3) is 0.0222. The lowest BCUT2D eigenvalue weighted by molar-refractivity contribution is 0.669. The van der Waals surface area contributed by atoms with Gasteiger partial charge in [0.15, 0.2) is 5.82 Å². The molecule has 0 radical (unpaired) electrons. The van der Waals surface area contributed by atoms with Crippen molar-refractivity contribution in [2.45, 2.75) is 6.92 Å². The van der Waals surface area contributed by atoms with Gasteiger partial charge >= 0.3 is 0 Å². The summed E-state index contributed by atoms with van der Waals surface area (Å²) in [6.45, 7) is 6.42. The van der Waals surface area contributed by atoms with E-state index in [1.165, 1.54) is 10.8 Å². The lowest BCUT2D eigenvalue weighted by Gasteiger charge is -2.14. The summed E-state index contributed by atoms with van der Waals surface area (Å²) in [5.74, 6) is 0.779. The first-order chi connectivity index (χ1) is 24.7. The summed E-state index contributed by atoms with van der Waals surface area (Å²) >= 11 is 0. The first kappa shape index (κ1) is 28.3. The Morgan fingerprint density at radius 1 is 0.600 bits per heavy atom. The second-order valence-electron chi connectivity index (χ2n) is 12.6. The monoisotopic (exact) mass is 642 g/mol. The van der Waals surface area contributed by atoms with Gasteiger partial charge in [0.25, 0.3) is 0 Å². The van der Waals surface area contributed by atoms with Gasteiger partial charge in [-0.1, -0.05) is 97.6 Å². The predicted octanol–water partition coefficient (Wildman–Crippen LogP) is 11.9. The minimum absolute atomic E-state index is 0.779. The molecule has 50 heavy (non-hydrogen) atoms. The van der Waals surface area contributed by atoms with E-state index in [1.54, 1.807) is 0 Å². The second kappa shape index (κ2) is 10.9. The molecule has 0 N–H and O–H groups in total. The number of hydrogen-bond acceptors (Lipinski definition) is 3. The van der Waals surface area contributed by atoms with Crippen molar-refractivity contribution in [3.8, 4) is 22.8 Å². The summed E-state index contributed by atoms with van der Waals surface area (Å²) in [5.41, 5.74) is 11.7. The average molecular weight is 643 g/mol. The fourth-order valence-corrected chi connectivity index (χ4v) is 7.71. The largest absolute Gasteiger partial charge is 0.456 e. The number of fused-ring (bicyclic) bond motifs is 9. The van der Waals surface area contributed by atoms with Crippen LogP contribution in [0.25, 0.3) is 101 Å². The van der Waals surface area contributed by atoms with Crippen LogP contribution in [-0.4, -0.2) is 19.1 Å². The van der Waals surface area contributed by atoms with Crippen molar-refractivity contribution >= 4 is 77.8 Å². The third-order valence-corrected chi connectivity index (χ3v) is 9.80. The Morgan fingerprint density at radius 3 is 2.08 bits per heavy atom. The smallest absolute Gasteiger partial charge is 0.165 e. The molecule has 0 aliphatic carbocycles. The van der Waals surface area contributed by atoms with Crippen LogP contribution in [-0.2, 0) is 0 Å². The molecule has 0 saturated carbocycles. The van der Waals surface area contributed by atoms with E-state index < -0.39 is 0 Å². The van der Waals surface area contributed by atoms with Gasteiger partial charge in [-0.2, -0.15) is 0 Å². The van der Waals surface area contributed by atoms with Gasteiger partial charge in [-0.25, -0.2) is 9.97 Å². The molecule has 0 bridgehead atoms. The van der Waals surface area contributed by atoms with Crippen molar-refractivity contribution in [3.05, 3.63) is 157 Å². The van der Waals surface area contributed by atoms with Crippen molar-refractivity contribution in [1.29, 1.82) is 0 Å². The van der Waals surface area contributed by atoms with E-state index in [1.807, 2.05) is 60.7 Å². The molecule has 4 aromatic heterocycles. The zero-order chi connectivity index (χ0) is 33.3. The predicted molar refractivity (Wildman–Crippen MR) is 208 cm³/mol. The second-order valence-corrected chi connectivity index (χ2v) is 12.6. The van der Waals surface area contributed by atoms with Crippen molar-refractivity contribution in [2.75, 3.05) is 0 Å². The van der Waals surface area contributed by atoms with Crippen LogP contribution >= 0.6 is 0 Å². The van der Waals surface area contributed by atoms with Crippen LogP contribution in [0.5, 0.6) is 0 Å². The van der Waals surface area contributed by atoms with Gasteiger partial charge in [-0.3, -0.25) is 4.57 Å². The molecular formula is C45H30N4O. The lowest BCUT2D eigenvalue weighted by Crippen LogP contribution is -2.05. The highest BCUT2D eigenvalue weighted by molar-refractivity contribution is 6.24. The van der Waals surface area contributed by atoms with Crippen molar-refractivity contribution in [1.82, 2.24) is 19.1 Å². The summed E-state index contributed by atoms with van der Waals surface area (Å²) in [6.07, 6.45) is 6.23. The Bertz CT molecular complexity index is 3010. The topological polar surface area (TPSA) is 48.8 Å². The summed E-state index contributed by atoms with van der Waals surface area (Å²) in [5, 5.41) is 5.68. The van der Waals surface area contributed by atoms with Gasteiger partial charge in [-0.05, 0) is 67.6 Å². The highest BCUT2D eigenvalue weighted by atomic mass is 16.3. The quantitative estimate of drug-likeness (QED) is 0.188. The van der Waals surface area contributed by atoms with Crippen LogP contribution in [0.4, 0.5) is 0 Å². The maximum Gasteiger partial charge on any atom is 0.165 e. The Morgan fingerprint density at radius 2 is 1.28 bits per heavy atom. The van der Waals surface area contributed by atoms with Crippen molar-refractivity contribution in [2.24, 2.45) is 0 Å². The lowest BCUT2D eigenvalue weighted by atomic mass is 10.0. The van der Waals surface area contributed by atoms with E-state index in [9.17, 15) is 0 Å². The summed E-state index contributed by atoms with van der Waals surface area (Å²) in [4.78, 5) is 10.5. The number of furan rings is 1. The average Bonchev–Trinajstić information content (AvgIpc) is 3.81. The molecule has 10 rings (SSSR count). The van der Waals surface area contributed by atoms with E-state index in [4.69, 9.17) is 14.4 Å². The van der Waals surface area contributed by atoms with E-state index in [0.29, 0.717) is 0 Å². The number of para-hydroxylation sites is 4. The molecular weight excluding hydrogens is 613 g/mol. The van der Waals surface area contributed by atoms with Gasteiger partial charge in [0.2, 0.25) is 0 Å². The highest BCUT2D eigenvalue weighted by Gasteiger charge is 2.25. The normalized spacial score (nSPS) is 12.1. The van der Waals surface area contributed by atoms with Gasteiger partial charge in [0, 0.05) is 43.7 Å². The molecule has 5 heteroatoms. The molecule has 0 atom stereocenters. The zero-order valence-corrected chi connectivity index (χ0v) is 27.3. The number of allylic oxidation sites excluding steroid dienone is 1. The summed E-state index contributed by atoms with van der Waals surface area (Å²) in [6, 6.07) is 46.3. The van der Waals surface area contributed by atoms with Crippen LogP contribution in [0.3, 0.4) is 0 Å². The minimum Gasteiger partial charge on any atom is -0.456 e. The Hall–Kier alpha value is -6.72. The SMILES string of the molecule is C=Cc1c(/C=C\C)n(-c2nc3ccccc3nc2-c2ccccc2)c2ccc3c(c4ccccc4n3-c3ccc4oc5ccccc5c4c3)c12. The molecule has 4 heterocycles. The van der Waals surface area contributed by atoms with Gasteiger partial charge < -0.3 is 8.98 Å². The number of nitrogens with zero attached hydrogens (tertiary/aromatic N) is 4. The zero-order valence-electron chi connectivity index (χ0n) is 27.3. The summed E-state index contributed by atoms with van der Waals surface area (Å²) < 4.78 is 10.8. The van der Waals surface area contributed by atoms with E-state index in [-0.39, 0.29) is 0 Å². The molecule has 0 amide bonds. The van der Waals surface area contributed by atoms with Gasteiger partial charge in [0.05, 0.1) is 33.3 Å². The number of benzene rings is 6. The van der Waals surface area contributed by atoms with Gasteiger partial charge in [-0.15, -0.1) is 0 Å². The molecule has 5 nitrogen and oxygen atoms in total. The number of rotatable bonds is 5. The molecule has 0 unspecified atom stereocenters. The Kier molecular flexibility index (Phi) is 6.17. The first-order valence-electron chi connectivity index (χ1n) is 16.8. The van der Waals surface area contributed by atoms with Crippen LogP contribution in [0.1, 0.15) is 18.2 Å². The van der Waals surface area contributed by atoms with Crippen LogP contribution in [0.2, 0.25) is 0 Å². The molecule has 0 aliphatic heterocycles. The first-order valence-corrected chi connectivity index (χ1v) is 16.8. The molecule has 236 valence electrons. The van der Waals surface area contributed by atoms with Crippen molar-refractivity contribution in [3.63, 3.8) is 0 Å². The third-order valence-electron chi connectivity index (χ3n) is 9.80. The molecule has 0 fully saturated rings. The molecule has 0 aliphatic rings. The molecule has 0 saturated heterocycles. The number of aromatic nitrogens is 4. The highest BCUT2D eigenvalue weighted by Crippen LogP contribution is 2.43. The number of hydrogen-bond donors (Lipinski definition) is 0. The van der Waals surface area contributed by atoms with Crippen LogP contribution < -0.4 is 0 Å². The van der Waals surface area contributed by atoms with Gasteiger partial charge in [0.1, 0.15) is 16.9 Å². The third kappa shape index (κ3) is 4.01. The Labute approximate surface area is 287 Å². The van der Waals surface area contributed by atoms with Crippen LogP contribution in [0, 0.1) is 0 Å². The summed E-state index contributed by atoms with van der Waals surface area (Å²) in [7, 11) is 0. The van der Waals surface area contributed by atoms with Crippen LogP contribution in [0.15, 0.2) is 151 Å². The standard InChI is InChI=1S/C45H30N4O/c1-3-14-36-30(4-2)42-39(49(36)45-44(28-15-6-5-7-16-28)46-34-19-10-11-20-35(34)47-45)25-24-38-43(42)32-18-8-12-21-37(32)48(38)29-23-26-41-33(27-29)31-17-9-13-22-40(31)50-41/h3-27H,2H2,1H3/b14-3-. The van der Waals surface area contributed by atoms with E-state index >= 15 is 0 Å². The fourth-order valence-electron chi connectivity index (χ4n) is 7.71. The van der Waals surface area contributed by atoms with E-state index in [2.05, 4.69) is 114 Å². The Balaban J connectivity index is 1.34. The molecule has 10 aromatic rings. The van der Waals surface area contributed by atoms with E-state index in [0.717, 1.165) is 88.9 Å². The maximum atomic E-state index is 6.20. The molecule has 6 aromatic carbocycles. The van der Waals surface area contributed by atoms with Crippen molar-refractivity contribution < 1.29 is 4.42 Å². The maximum absolute atomic E-state index is 6.20. The molecule has 0 spiro atoms. The minimum atomic E-state index is 0.779.